The van der Waals surface area contributed by atoms with Gasteiger partial charge in [0, 0.05) is 6.08 Å². The van der Waals surface area contributed by atoms with E-state index in [1.165, 1.54) is 0 Å². The lowest BCUT2D eigenvalue weighted by Gasteiger charge is -2.20. The third kappa shape index (κ3) is 5.60. The van der Waals surface area contributed by atoms with Gasteiger partial charge in [-0.15, -0.1) is 0 Å². The van der Waals surface area contributed by atoms with Crippen LogP contribution < -0.4 is 0 Å². The molecular weight excluding hydrogens is 396 g/mol. The Morgan fingerprint density at radius 3 is 1.67 bits per heavy atom. The third-order valence-electron chi connectivity index (χ3n) is 4.89. The first-order valence-corrected chi connectivity index (χ1v) is 11.6. The SMILES string of the molecule is CCOC(=O)/C=C(\c1ccc(C(C)(C)C)cc1)S(=O)(=O)c1ccc(C(C)(C)C)cc1. The van der Waals surface area contributed by atoms with Gasteiger partial charge in [-0.1, -0.05) is 77.9 Å². The van der Waals surface area contributed by atoms with Crippen LogP contribution in [0.3, 0.4) is 0 Å². The van der Waals surface area contributed by atoms with Crippen molar-refractivity contribution in [2.45, 2.75) is 64.2 Å². The van der Waals surface area contributed by atoms with Gasteiger partial charge in [-0.25, -0.2) is 13.2 Å². The Morgan fingerprint density at radius 1 is 0.833 bits per heavy atom. The predicted octanol–water partition coefficient (Wildman–Crippen LogP) is 5.66. The number of hydrogen-bond acceptors (Lipinski definition) is 4. The van der Waals surface area contributed by atoms with E-state index in [1.54, 1.807) is 31.2 Å². The Bertz CT molecular complexity index is 1010. The summed E-state index contributed by atoms with van der Waals surface area (Å²) in [6, 6.07) is 14.1. The summed E-state index contributed by atoms with van der Waals surface area (Å²) in [4.78, 5) is 12.2. The summed E-state index contributed by atoms with van der Waals surface area (Å²) in [6.07, 6.45) is 1.07. The molecule has 5 heteroatoms. The standard InChI is InChI=1S/C25H32O4S/c1-8-29-23(26)17-22(18-9-11-19(12-10-18)24(2,3)4)30(27,28)21-15-13-20(14-16-21)25(5,6)7/h9-17H,8H2,1-7H3/b22-17+. The second kappa shape index (κ2) is 8.76. The average Bonchev–Trinajstić information content (AvgIpc) is 2.65. The van der Waals surface area contributed by atoms with Crippen molar-refractivity contribution in [3.8, 4) is 0 Å². The molecule has 2 rings (SSSR count). The molecular formula is C25H32O4S. The summed E-state index contributed by atoms with van der Waals surface area (Å²) in [6.45, 7) is 14.3. The number of rotatable bonds is 5. The zero-order chi connectivity index (χ0) is 22.7. The van der Waals surface area contributed by atoms with Crippen molar-refractivity contribution >= 4 is 20.7 Å². The van der Waals surface area contributed by atoms with Crippen LogP contribution in [0.5, 0.6) is 0 Å². The number of carbonyl (C=O) groups excluding carboxylic acids is 1. The van der Waals surface area contributed by atoms with Crippen molar-refractivity contribution in [3.63, 3.8) is 0 Å². The molecule has 0 spiro atoms. The van der Waals surface area contributed by atoms with E-state index < -0.39 is 15.8 Å². The van der Waals surface area contributed by atoms with Gasteiger partial charge in [-0.05, 0) is 46.6 Å². The summed E-state index contributed by atoms with van der Waals surface area (Å²) in [5.41, 5.74) is 2.41. The van der Waals surface area contributed by atoms with Crippen LogP contribution in [0.4, 0.5) is 0 Å². The van der Waals surface area contributed by atoms with Crippen LogP contribution >= 0.6 is 0 Å². The van der Waals surface area contributed by atoms with E-state index in [0.717, 1.165) is 17.2 Å². The van der Waals surface area contributed by atoms with Crippen LogP contribution in [0.15, 0.2) is 59.5 Å². The molecule has 0 heterocycles. The molecule has 0 aliphatic carbocycles. The van der Waals surface area contributed by atoms with E-state index in [1.807, 2.05) is 24.3 Å². The fourth-order valence-electron chi connectivity index (χ4n) is 3.00. The van der Waals surface area contributed by atoms with E-state index >= 15 is 0 Å². The van der Waals surface area contributed by atoms with Crippen molar-refractivity contribution in [2.24, 2.45) is 0 Å². The first kappa shape index (κ1) is 23.9. The van der Waals surface area contributed by atoms with Crippen molar-refractivity contribution < 1.29 is 17.9 Å². The molecule has 30 heavy (non-hydrogen) atoms. The lowest BCUT2D eigenvalue weighted by molar-refractivity contribution is -0.137. The van der Waals surface area contributed by atoms with Crippen molar-refractivity contribution in [1.82, 2.24) is 0 Å². The molecule has 0 aliphatic rings. The number of benzene rings is 2. The minimum atomic E-state index is -3.92. The first-order chi connectivity index (χ1) is 13.8. The number of sulfone groups is 1. The molecule has 162 valence electrons. The first-order valence-electron chi connectivity index (χ1n) is 10.1. The third-order valence-corrected chi connectivity index (χ3v) is 6.72. The fraction of sp³-hybridized carbons (Fsp3) is 0.400. The second-order valence-electron chi connectivity index (χ2n) is 9.37. The average molecular weight is 429 g/mol. The van der Waals surface area contributed by atoms with Gasteiger partial charge in [0.2, 0.25) is 9.84 Å². The van der Waals surface area contributed by atoms with Gasteiger partial charge >= 0.3 is 5.97 Å². The maximum absolute atomic E-state index is 13.4. The molecule has 0 saturated carbocycles. The van der Waals surface area contributed by atoms with Gasteiger partial charge in [0.25, 0.3) is 0 Å². The van der Waals surface area contributed by atoms with E-state index in [-0.39, 0.29) is 27.2 Å². The summed E-state index contributed by atoms with van der Waals surface area (Å²) >= 11 is 0. The number of hydrogen-bond donors (Lipinski definition) is 0. The Balaban J connectivity index is 2.58. The minimum absolute atomic E-state index is 0.0643. The van der Waals surface area contributed by atoms with Gasteiger partial charge in [-0.2, -0.15) is 0 Å². The molecule has 0 amide bonds. The monoisotopic (exact) mass is 428 g/mol. The van der Waals surface area contributed by atoms with Crippen molar-refractivity contribution in [2.75, 3.05) is 6.61 Å². The number of ether oxygens (including phenoxy) is 1. The lowest BCUT2D eigenvalue weighted by atomic mass is 9.87. The Kier molecular flexibility index (Phi) is 6.97. The Hall–Kier alpha value is -2.40. The molecule has 0 aliphatic heterocycles. The molecule has 0 radical (unpaired) electrons. The predicted molar refractivity (Wildman–Crippen MR) is 122 cm³/mol. The summed E-state index contributed by atoms with van der Waals surface area (Å²) in [5.74, 6) is -0.678. The van der Waals surface area contributed by atoms with Crippen LogP contribution in [-0.4, -0.2) is 21.0 Å². The van der Waals surface area contributed by atoms with Gasteiger partial charge in [-0.3, -0.25) is 0 Å². The zero-order valence-electron chi connectivity index (χ0n) is 18.9. The van der Waals surface area contributed by atoms with Gasteiger partial charge < -0.3 is 4.74 Å². The smallest absolute Gasteiger partial charge is 0.332 e. The second-order valence-corrected chi connectivity index (χ2v) is 11.3. The highest BCUT2D eigenvalue weighted by Crippen LogP contribution is 2.32. The molecule has 0 aromatic heterocycles. The highest BCUT2D eigenvalue weighted by Gasteiger charge is 2.25. The topological polar surface area (TPSA) is 60.4 Å². The van der Waals surface area contributed by atoms with Crippen LogP contribution in [0, 0.1) is 0 Å². The normalized spacial score (nSPS) is 13.2. The number of esters is 1. The van der Waals surface area contributed by atoms with Gasteiger partial charge in [0.1, 0.15) is 0 Å². The van der Waals surface area contributed by atoms with E-state index in [9.17, 15) is 13.2 Å². The van der Waals surface area contributed by atoms with Crippen LogP contribution in [0.1, 0.15) is 65.2 Å². The molecule has 0 unspecified atom stereocenters. The van der Waals surface area contributed by atoms with Crippen molar-refractivity contribution in [1.29, 1.82) is 0 Å². The molecule has 0 N–H and O–H groups in total. The van der Waals surface area contributed by atoms with E-state index in [2.05, 4.69) is 41.5 Å². The maximum Gasteiger partial charge on any atom is 0.332 e. The van der Waals surface area contributed by atoms with Crippen LogP contribution in [0.25, 0.3) is 4.91 Å². The van der Waals surface area contributed by atoms with Crippen molar-refractivity contribution in [3.05, 3.63) is 71.3 Å². The van der Waals surface area contributed by atoms with E-state index in [0.29, 0.717) is 5.56 Å². The summed E-state index contributed by atoms with van der Waals surface area (Å²) in [5, 5.41) is 0. The van der Waals surface area contributed by atoms with E-state index in [4.69, 9.17) is 4.74 Å². The molecule has 0 bridgehead atoms. The largest absolute Gasteiger partial charge is 0.463 e. The Morgan fingerprint density at radius 2 is 1.27 bits per heavy atom. The minimum Gasteiger partial charge on any atom is -0.463 e. The van der Waals surface area contributed by atoms with Crippen LogP contribution in [-0.2, 0) is 30.2 Å². The van der Waals surface area contributed by atoms with Gasteiger partial charge in [0.05, 0.1) is 16.4 Å². The molecule has 2 aromatic rings. The molecule has 0 fully saturated rings. The van der Waals surface area contributed by atoms with Gasteiger partial charge in [0.15, 0.2) is 0 Å². The lowest BCUT2D eigenvalue weighted by Crippen LogP contribution is -2.13. The molecule has 0 atom stereocenters. The fourth-order valence-corrected chi connectivity index (χ4v) is 4.45. The highest BCUT2D eigenvalue weighted by atomic mass is 32.2. The molecule has 0 saturated heterocycles. The summed E-state index contributed by atoms with van der Waals surface area (Å²) < 4.78 is 31.9. The highest BCUT2D eigenvalue weighted by molar-refractivity contribution is 8.00. The summed E-state index contributed by atoms with van der Waals surface area (Å²) in [7, 11) is -3.92. The van der Waals surface area contributed by atoms with Crippen LogP contribution in [0.2, 0.25) is 0 Å². The molecule has 2 aromatic carbocycles. The number of carbonyl (C=O) groups is 1. The quantitative estimate of drug-likeness (QED) is 0.455. The Labute approximate surface area is 180 Å². The zero-order valence-corrected chi connectivity index (χ0v) is 19.8. The maximum atomic E-state index is 13.4. The molecule has 4 nitrogen and oxygen atoms in total.